The van der Waals surface area contributed by atoms with Crippen LogP contribution in [-0.4, -0.2) is 66.4 Å². The average molecular weight is 481 g/mol. The first-order valence-corrected chi connectivity index (χ1v) is 8.77. The Bertz CT molecular complexity index is 570. The summed E-state index contributed by atoms with van der Waals surface area (Å²) in [7, 11) is 3.57. The van der Waals surface area contributed by atoms with Gasteiger partial charge in [0, 0.05) is 65.1 Å². The van der Waals surface area contributed by atoms with Gasteiger partial charge in [0.2, 0.25) is 0 Å². The van der Waals surface area contributed by atoms with Crippen LogP contribution >= 0.6 is 24.0 Å². The fourth-order valence-electron chi connectivity index (χ4n) is 2.81. The Kier molecular flexibility index (Phi) is 9.28. The Labute approximate surface area is 172 Å². The molecule has 0 aliphatic carbocycles. The lowest BCUT2D eigenvalue weighted by Crippen LogP contribution is -2.51. The summed E-state index contributed by atoms with van der Waals surface area (Å²) >= 11 is 0. The molecule has 1 unspecified atom stereocenters. The molecule has 9 heteroatoms. The van der Waals surface area contributed by atoms with Crippen LogP contribution in [0.3, 0.4) is 0 Å². The molecular formula is C17H32IN5O3. The molecule has 1 aromatic rings. The van der Waals surface area contributed by atoms with Crippen LogP contribution in [-0.2, 0) is 22.1 Å². The van der Waals surface area contributed by atoms with Crippen LogP contribution in [0.15, 0.2) is 17.4 Å². The molecule has 8 nitrogen and oxygen atoms in total. The van der Waals surface area contributed by atoms with Crippen molar-refractivity contribution in [2.75, 3.05) is 40.0 Å². The van der Waals surface area contributed by atoms with E-state index < -0.39 is 5.60 Å². The fraction of sp³-hybridized carbons (Fsp3) is 0.765. The monoisotopic (exact) mass is 481 g/mol. The topological polar surface area (TPSA) is 92.9 Å². The molecule has 1 atom stereocenters. The molecule has 0 bridgehead atoms. The van der Waals surface area contributed by atoms with Crippen molar-refractivity contribution in [3.8, 4) is 0 Å². The minimum Gasteiger partial charge on any atom is -0.383 e. The molecule has 1 aliphatic rings. The zero-order valence-corrected chi connectivity index (χ0v) is 18.4. The summed E-state index contributed by atoms with van der Waals surface area (Å²) in [6, 6.07) is 0. The highest BCUT2D eigenvalue weighted by Crippen LogP contribution is 2.23. The maximum absolute atomic E-state index is 10.7. The molecule has 0 saturated carbocycles. The highest BCUT2D eigenvalue weighted by molar-refractivity contribution is 14.0. The zero-order chi connectivity index (χ0) is 18.3. The van der Waals surface area contributed by atoms with Gasteiger partial charge in [-0.3, -0.25) is 4.68 Å². The quantitative estimate of drug-likeness (QED) is 0.306. The number of ether oxygens (including phenoxy) is 2. The summed E-state index contributed by atoms with van der Waals surface area (Å²) in [5.74, 6) is 0.662. The van der Waals surface area contributed by atoms with E-state index in [1.165, 1.54) is 0 Å². The summed E-state index contributed by atoms with van der Waals surface area (Å²) in [5, 5.41) is 21.3. The molecule has 0 aromatic carbocycles. The number of aliphatic hydroxyl groups is 1. The number of nitrogens with zero attached hydrogens (tertiary/aromatic N) is 3. The molecule has 1 aromatic heterocycles. The van der Waals surface area contributed by atoms with Crippen molar-refractivity contribution in [1.82, 2.24) is 20.4 Å². The fourth-order valence-corrected chi connectivity index (χ4v) is 2.81. The number of aliphatic imine (C=N–C) groups is 1. The molecule has 3 N–H and O–H groups in total. The third kappa shape index (κ3) is 6.36. The van der Waals surface area contributed by atoms with Crippen molar-refractivity contribution in [1.29, 1.82) is 0 Å². The van der Waals surface area contributed by atoms with Crippen molar-refractivity contribution in [2.24, 2.45) is 12.0 Å². The van der Waals surface area contributed by atoms with Crippen molar-refractivity contribution in [3.63, 3.8) is 0 Å². The Morgan fingerprint density at radius 1 is 1.46 bits per heavy atom. The summed E-state index contributed by atoms with van der Waals surface area (Å²) in [6.07, 6.45) is 5.17. The molecule has 2 heterocycles. The van der Waals surface area contributed by atoms with E-state index >= 15 is 0 Å². The first-order chi connectivity index (χ1) is 11.9. The number of aromatic nitrogens is 2. The molecule has 1 fully saturated rings. The largest absolute Gasteiger partial charge is 0.383 e. The van der Waals surface area contributed by atoms with Gasteiger partial charge in [-0.2, -0.15) is 5.10 Å². The lowest BCUT2D eigenvalue weighted by molar-refractivity contribution is -0.0855. The number of guanidine groups is 1. The Balaban J connectivity index is 0.00000338. The smallest absolute Gasteiger partial charge is 0.191 e. The van der Waals surface area contributed by atoms with Gasteiger partial charge in [-0.05, 0) is 13.8 Å². The molecule has 0 radical (unpaired) electrons. The van der Waals surface area contributed by atoms with Gasteiger partial charge in [-0.1, -0.05) is 0 Å². The van der Waals surface area contributed by atoms with Gasteiger partial charge in [-0.15, -0.1) is 24.0 Å². The SMILES string of the molecule is CCNC(=NCC(C)(O)c1cnn(C)c1)NCC1(OC)CCOCC1.I. The van der Waals surface area contributed by atoms with Gasteiger partial charge in [0.1, 0.15) is 5.60 Å². The van der Waals surface area contributed by atoms with E-state index in [0.717, 1.165) is 24.9 Å². The van der Waals surface area contributed by atoms with Gasteiger partial charge in [0.05, 0.1) is 18.3 Å². The normalized spacial score (nSPS) is 19.3. The summed E-state index contributed by atoms with van der Waals surface area (Å²) in [6.45, 7) is 6.79. The number of methoxy groups -OCH3 is 1. The summed E-state index contributed by atoms with van der Waals surface area (Å²) < 4.78 is 12.8. The van der Waals surface area contributed by atoms with E-state index in [9.17, 15) is 5.11 Å². The van der Waals surface area contributed by atoms with E-state index in [2.05, 4.69) is 20.7 Å². The third-order valence-corrected chi connectivity index (χ3v) is 4.63. The highest BCUT2D eigenvalue weighted by Gasteiger charge is 2.32. The van der Waals surface area contributed by atoms with Crippen molar-refractivity contribution in [3.05, 3.63) is 18.0 Å². The Morgan fingerprint density at radius 3 is 2.69 bits per heavy atom. The number of hydrogen-bond acceptors (Lipinski definition) is 5. The van der Waals surface area contributed by atoms with Crippen LogP contribution in [0.25, 0.3) is 0 Å². The predicted octanol–water partition coefficient (Wildman–Crippen LogP) is 0.996. The van der Waals surface area contributed by atoms with Crippen molar-refractivity contribution in [2.45, 2.75) is 37.9 Å². The minimum absolute atomic E-state index is 0. The minimum atomic E-state index is -1.08. The maximum atomic E-state index is 10.7. The molecule has 150 valence electrons. The van der Waals surface area contributed by atoms with E-state index in [0.29, 0.717) is 25.7 Å². The molecular weight excluding hydrogens is 449 g/mol. The third-order valence-electron chi connectivity index (χ3n) is 4.63. The van der Waals surface area contributed by atoms with Crippen LogP contribution in [0.2, 0.25) is 0 Å². The van der Waals surface area contributed by atoms with E-state index in [1.807, 2.05) is 14.0 Å². The number of nitrogens with one attached hydrogen (secondary N) is 2. The van der Waals surface area contributed by atoms with E-state index in [1.54, 1.807) is 31.1 Å². The lowest BCUT2D eigenvalue weighted by atomic mass is 9.94. The second kappa shape index (κ2) is 10.4. The predicted molar refractivity (Wildman–Crippen MR) is 112 cm³/mol. The standard InChI is InChI=1S/C17H31N5O3.HI/c1-5-18-15(20-13-17(24-4)6-8-25-9-7-17)19-12-16(2,23)14-10-21-22(3)11-14;/h10-11,23H,5-9,12-13H2,1-4H3,(H2,18,19,20);1H. The number of aryl methyl sites for hydroxylation is 1. The maximum Gasteiger partial charge on any atom is 0.191 e. The van der Waals surface area contributed by atoms with E-state index in [4.69, 9.17) is 9.47 Å². The van der Waals surface area contributed by atoms with Crippen LogP contribution < -0.4 is 10.6 Å². The van der Waals surface area contributed by atoms with Gasteiger partial charge in [-0.25, -0.2) is 4.99 Å². The second-order valence-electron chi connectivity index (χ2n) is 6.72. The number of rotatable bonds is 7. The van der Waals surface area contributed by atoms with Gasteiger partial charge < -0.3 is 25.2 Å². The highest BCUT2D eigenvalue weighted by atomic mass is 127. The van der Waals surface area contributed by atoms with Crippen molar-refractivity contribution < 1.29 is 14.6 Å². The number of halogens is 1. The second-order valence-corrected chi connectivity index (χ2v) is 6.72. The van der Waals surface area contributed by atoms with Crippen LogP contribution in [0.4, 0.5) is 0 Å². The Hall–Kier alpha value is -0.910. The van der Waals surface area contributed by atoms with Crippen LogP contribution in [0.5, 0.6) is 0 Å². The van der Waals surface area contributed by atoms with Gasteiger partial charge >= 0.3 is 0 Å². The molecule has 0 amide bonds. The van der Waals surface area contributed by atoms with Crippen molar-refractivity contribution >= 4 is 29.9 Å². The van der Waals surface area contributed by atoms with E-state index in [-0.39, 0.29) is 36.1 Å². The molecule has 26 heavy (non-hydrogen) atoms. The molecule has 2 rings (SSSR count). The summed E-state index contributed by atoms with van der Waals surface area (Å²) in [4.78, 5) is 4.54. The van der Waals surface area contributed by atoms with Crippen LogP contribution in [0.1, 0.15) is 32.3 Å². The lowest BCUT2D eigenvalue weighted by Gasteiger charge is -2.36. The first-order valence-electron chi connectivity index (χ1n) is 8.77. The average Bonchev–Trinajstić information content (AvgIpc) is 3.06. The summed E-state index contributed by atoms with van der Waals surface area (Å²) in [5.41, 5.74) is -0.568. The van der Waals surface area contributed by atoms with Crippen LogP contribution in [0, 0.1) is 0 Å². The van der Waals surface area contributed by atoms with Gasteiger partial charge in [0.25, 0.3) is 0 Å². The molecule has 1 aliphatic heterocycles. The zero-order valence-electron chi connectivity index (χ0n) is 16.1. The van der Waals surface area contributed by atoms with Gasteiger partial charge in [0.15, 0.2) is 5.96 Å². The molecule has 0 spiro atoms. The molecule has 1 saturated heterocycles. The first kappa shape index (κ1) is 23.1. The Morgan fingerprint density at radius 2 is 2.15 bits per heavy atom. The number of hydrogen-bond donors (Lipinski definition) is 3.